The van der Waals surface area contributed by atoms with Crippen molar-refractivity contribution < 1.29 is 9.18 Å². The molecule has 0 N–H and O–H groups in total. The van der Waals surface area contributed by atoms with Crippen LogP contribution >= 0.6 is 27.3 Å². The molecule has 1 aliphatic rings. The first-order valence-corrected chi connectivity index (χ1v) is 9.95. The molecule has 2 aromatic carbocycles. The molecular formula is C19H13BrFN5OS. The van der Waals surface area contributed by atoms with Crippen LogP contribution in [0.15, 0.2) is 73.7 Å². The lowest BCUT2D eigenvalue weighted by atomic mass is 10.2. The Morgan fingerprint density at radius 3 is 2.57 bits per heavy atom. The van der Waals surface area contributed by atoms with Crippen molar-refractivity contribution in [3.63, 3.8) is 0 Å². The number of hydrogen-bond donors (Lipinski definition) is 0. The van der Waals surface area contributed by atoms with Crippen molar-refractivity contribution in [2.24, 2.45) is 15.3 Å². The summed E-state index contributed by atoms with van der Waals surface area (Å²) in [6.45, 7) is 1.72. The van der Waals surface area contributed by atoms with Crippen molar-refractivity contribution in [3.05, 3.63) is 64.2 Å². The van der Waals surface area contributed by atoms with Crippen LogP contribution in [0.2, 0.25) is 0 Å². The van der Waals surface area contributed by atoms with Gasteiger partial charge in [-0.2, -0.15) is 20.3 Å². The summed E-state index contributed by atoms with van der Waals surface area (Å²) < 4.78 is 14.0. The fourth-order valence-electron chi connectivity index (χ4n) is 2.57. The Morgan fingerprint density at radius 1 is 1.14 bits per heavy atom. The molecule has 1 aromatic heterocycles. The third-order valence-electron chi connectivity index (χ3n) is 4.02. The minimum absolute atomic E-state index is 0.319. The fraction of sp³-hybridized carbons (Fsp3) is 0.105. The summed E-state index contributed by atoms with van der Waals surface area (Å²) in [5.41, 5.74) is 2.71. The average Bonchev–Trinajstić information content (AvgIpc) is 3.27. The van der Waals surface area contributed by atoms with Crippen LogP contribution in [0.3, 0.4) is 0 Å². The number of hydrazone groups is 1. The van der Waals surface area contributed by atoms with Gasteiger partial charge in [0.25, 0.3) is 5.91 Å². The first-order valence-electron chi connectivity index (χ1n) is 8.28. The maximum absolute atomic E-state index is 13.0. The van der Waals surface area contributed by atoms with Crippen molar-refractivity contribution in [1.29, 1.82) is 0 Å². The molecule has 1 amide bonds. The Balaban J connectivity index is 1.53. The molecule has 1 unspecified atom stereocenters. The first kappa shape index (κ1) is 18.6. The van der Waals surface area contributed by atoms with E-state index in [0.717, 1.165) is 15.7 Å². The highest BCUT2D eigenvalue weighted by Crippen LogP contribution is 2.31. The zero-order valence-corrected chi connectivity index (χ0v) is 17.0. The van der Waals surface area contributed by atoms with E-state index in [2.05, 4.69) is 36.2 Å². The molecule has 0 aliphatic carbocycles. The van der Waals surface area contributed by atoms with Crippen molar-refractivity contribution in [1.82, 2.24) is 4.98 Å². The number of nitrogens with zero attached hydrogens (tertiary/aromatic N) is 5. The molecule has 0 fully saturated rings. The van der Waals surface area contributed by atoms with Crippen molar-refractivity contribution in [2.45, 2.75) is 13.0 Å². The summed E-state index contributed by atoms with van der Waals surface area (Å²) in [5, 5.41) is 16.0. The van der Waals surface area contributed by atoms with Gasteiger partial charge in [0.2, 0.25) is 5.13 Å². The van der Waals surface area contributed by atoms with E-state index in [1.807, 2.05) is 29.6 Å². The Morgan fingerprint density at radius 2 is 1.86 bits per heavy atom. The topological polar surface area (TPSA) is 70.3 Å². The van der Waals surface area contributed by atoms with Crippen molar-refractivity contribution in [2.75, 3.05) is 5.01 Å². The number of carbonyl (C=O) groups excluding carboxylic acids is 1. The predicted octanol–water partition coefficient (Wildman–Crippen LogP) is 5.59. The summed E-state index contributed by atoms with van der Waals surface area (Å²) in [6, 6.07) is 12.5. The molecule has 3 aromatic rings. The van der Waals surface area contributed by atoms with Gasteiger partial charge in [-0.05, 0) is 43.3 Å². The summed E-state index contributed by atoms with van der Waals surface area (Å²) in [5.74, 6) is -0.676. The SMILES string of the molecule is CC1=NN(c2nc(-c3ccc(Br)cc3)cs2)C(=O)C1N=Nc1ccc(F)cc1. The standard InChI is InChI=1S/C19H13BrFN5OS/c1-11-17(24-23-15-8-6-14(21)7-9-15)18(27)26(25-11)19-22-16(10-28-19)12-2-4-13(20)5-3-12/h2-10,17H,1H3. The Labute approximate surface area is 172 Å². The van der Waals surface area contributed by atoms with Gasteiger partial charge >= 0.3 is 0 Å². The maximum atomic E-state index is 13.0. The molecule has 0 saturated carbocycles. The normalized spacial score (nSPS) is 16.8. The van der Waals surface area contributed by atoms with E-state index in [1.54, 1.807) is 6.92 Å². The second-order valence-electron chi connectivity index (χ2n) is 6.01. The van der Waals surface area contributed by atoms with Crippen molar-refractivity contribution in [3.8, 4) is 11.3 Å². The minimum Gasteiger partial charge on any atom is -0.269 e. The number of thiazole rings is 1. The van der Waals surface area contributed by atoms with Gasteiger partial charge in [-0.15, -0.1) is 11.3 Å². The molecular weight excluding hydrogens is 445 g/mol. The summed E-state index contributed by atoms with van der Waals surface area (Å²) in [4.78, 5) is 17.3. The van der Waals surface area contributed by atoms with E-state index in [9.17, 15) is 9.18 Å². The molecule has 0 radical (unpaired) electrons. The molecule has 2 heterocycles. The van der Waals surface area contributed by atoms with Crippen LogP contribution in [-0.4, -0.2) is 22.6 Å². The van der Waals surface area contributed by atoms with Crippen LogP contribution < -0.4 is 5.01 Å². The van der Waals surface area contributed by atoms with Gasteiger partial charge in [-0.25, -0.2) is 9.37 Å². The van der Waals surface area contributed by atoms with Crippen LogP contribution in [-0.2, 0) is 4.79 Å². The molecule has 1 aliphatic heterocycles. The van der Waals surface area contributed by atoms with Gasteiger partial charge in [0.05, 0.1) is 17.1 Å². The second-order valence-corrected chi connectivity index (χ2v) is 7.76. The quantitative estimate of drug-likeness (QED) is 0.479. The number of aromatic nitrogens is 1. The van der Waals surface area contributed by atoms with Gasteiger partial charge in [0, 0.05) is 15.4 Å². The van der Waals surface area contributed by atoms with Crippen molar-refractivity contribution >= 4 is 49.7 Å². The monoisotopic (exact) mass is 457 g/mol. The molecule has 9 heteroatoms. The van der Waals surface area contributed by atoms with Crippen LogP contribution in [0.4, 0.5) is 15.2 Å². The predicted molar refractivity (Wildman–Crippen MR) is 111 cm³/mol. The zero-order chi connectivity index (χ0) is 19.7. The van der Waals surface area contributed by atoms with Crippen LogP contribution in [0.1, 0.15) is 6.92 Å². The Kier molecular flexibility index (Phi) is 5.10. The fourth-order valence-corrected chi connectivity index (χ4v) is 3.63. The van der Waals surface area contributed by atoms with Crippen LogP contribution in [0.5, 0.6) is 0 Å². The van der Waals surface area contributed by atoms with Gasteiger partial charge in [-0.3, -0.25) is 4.79 Å². The summed E-state index contributed by atoms with van der Waals surface area (Å²) in [7, 11) is 0. The number of benzene rings is 2. The maximum Gasteiger partial charge on any atom is 0.282 e. The van der Waals surface area contributed by atoms with Gasteiger partial charge < -0.3 is 0 Å². The van der Waals surface area contributed by atoms with Gasteiger partial charge in [-0.1, -0.05) is 28.1 Å². The lowest BCUT2D eigenvalue weighted by Gasteiger charge is -2.08. The number of azo groups is 1. The average molecular weight is 458 g/mol. The number of amides is 1. The number of rotatable bonds is 4. The number of hydrogen-bond acceptors (Lipinski definition) is 6. The third kappa shape index (κ3) is 3.76. The smallest absolute Gasteiger partial charge is 0.269 e. The Hall–Kier alpha value is -2.78. The second kappa shape index (κ2) is 7.69. The van der Waals surface area contributed by atoms with E-state index < -0.39 is 6.04 Å². The van der Waals surface area contributed by atoms with Gasteiger partial charge in [0.1, 0.15) is 5.82 Å². The van der Waals surface area contributed by atoms with E-state index in [4.69, 9.17) is 0 Å². The van der Waals surface area contributed by atoms with Gasteiger partial charge in [0.15, 0.2) is 6.04 Å². The molecule has 6 nitrogen and oxygen atoms in total. The third-order valence-corrected chi connectivity index (χ3v) is 5.37. The van der Waals surface area contributed by atoms with Crippen LogP contribution in [0.25, 0.3) is 11.3 Å². The highest BCUT2D eigenvalue weighted by molar-refractivity contribution is 9.10. The molecule has 140 valence electrons. The molecule has 4 rings (SSSR count). The molecule has 0 saturated heterocycles. The number of carbonyl (C=O) groups is 1. The van der Waals surface area contributed by atoms with E-state index in [1.165, 1.54) is 40.6 Å². The Bertz CT molecular complexity index is 1080. The lowest BCUT2D eigenvalue weighted by Crippen LogP contribution is -2.29. The number of halogens is 2. The molecule has 0 bridgehead atoms. The van der Waals surface area contributed by atoms with E-state index in [0.29, 0.717) is 16.5 Å². The molecule has 1 atom stereocenters. The van der Waals surface area contributed by atoms with E-state index in [-0.39, 0.29) is 11.7 Å². The highest BCUT2D eigenvalue weighted by atomic mass is 79.9. The van der Waals surface area contributed by atoms with Crippen LogP contribution in [0, 0.1) is 5.82 Å². The molecule has 0 spiro atoms. The van der Waals surface area contributed by atoms with E-state index >= 15 is 0 Å². The highest BCUT2D eigenvalue weighted by Gasteiger charge is 2.36. The first-order chi connectivity index (χ1) is 13.5. The minimum atomic E-state index is -0.815. The largest absolute Gasteiger partial charge is 0.282 e. The summed E-state index contributed by atoms with van der Waals surface area (Å²) >= 11 is 4.74. The molecule has 28 heavy (non-hydrogen) atoms. The number of anilines is 1. The lowest BCUT2D eigenvalue weighted by molar-refractivity contribution is -0.117. The summed E-state index contributed by atoms with van der Waals surface area (Å²) in [6.07, 6.45) is 0. The zero-order valence-electron chi connectivity index (χ0n) is 14.6.